The van der Waals surface area contributed by atoms with Crippen molar-refractivity contribution in [1.29, 1.82) is 0 Å². The lowest BCUT2D eigenvalue weighted by molar-refractivity contribution is 0.962. The summed E-state index contributed by atoms with van der Waals surface area (Å²) in [7, 11) is 0. The van der Waals surface area contributed by atoms with Crippen molar-refractivity contribution in [3.63, 3.8) is 0 Å². The zero-order valence-corrected chi connectivity index (χ0v) is 14.8. The smallest absolute Gasteiger partial charge is 0.155 e. The lowest BCUT2D eigenvalue weighted by Gasteiger charge is -2.04. The summed E-state index contributed by atoms with van der Waals surface area (Å²) in [5.74, 6) is 2.12. The van der Waals surface area contributed by atoms with Gasteiger partial charge < -0.3 is 5.32 Å². The highest BCUT2D eigenvalue weighted by Gasteiger charge is 2.25. The number of hydrogen-bond donors (Lipinski definition) is 2. The highest BCUT2D eigenvalue weighted by molar-refractivity contribution is 7.99. The van der Waals surface area contributed by atoms with Gasteiger partial charge in [-0.05, 0) is 37.1 Å². The fourth-order valence-corrected chi connectivity index (χ4v) is 4.28. The first kappa shape index (κ1) is 14.9. The van der Waals surface area contributed by atoms with Gasteiger partial charge in [-0.1, -0.05) is 11.8 Å². The highest BCUT2D eigenvalue weighted by Crippen LogP contribution is 2.39. The van der Waals surface area contributed by atoms with Crippen LogP contribution in [-0.2, 0) is 0 Å². The Morgan fingerprint density at radius 3 is 3.00 bits per heavy atom. The summed E-state index contributed by atoms with van der Waals surface area (Å²) in [5.41, 5.74) is 4.10. The van der Waals surface area contributed by atoms with Gasteiger partial charge in [0.15, 0.2) is 11.6 Å². The Morgan fingerprint density at radius 2 is 2.08 bits per heavy atom. The molecule has 1 aliphatic rings. The van der Waals surface area contributed by atoms with Crippen LogP contribution in [-0.4, -0.2) is 25.4 Å². The van der Waals surface area contributed by atoms with Crippen LogP contribution in [0.1, 0.15) is 24.5 Å². The minimum Gasteiger partial charge on any atom is -0.322 e. The van der Waals surface area contributed by atoms with E-state index in [2.05, 4.69) is 48.9 Å². The first-order valence-corrected chi connectivity index (χ1v) is 9.69. The molecule has 25 heavy (non-hydrogen) atoms. The summed E-state index contributed by atoms with van der Waals surface area (Å²) >= 11 is 3.31. The van der Waals surface area contributed by atoms with Crippen LogP contribution < -0.4 is 5.32 Å². The molecule has 1 fully saturated rings. The number of rotatable bonds is 5. The standard InChI is InChI=1S/C17H14N6S2/c1-2-10(1)14-7-17(23-21-14)20-16-6-12(8-19-22-16)25-11-3-4-13-15(5-11)24-9-18-13/h3-10H,1-2H2,(H2,20,21,22,23). The molecule has 5 rings (SSSR count). The summed E-state index contributed by atoms with van der Waals surface area (Å²) in [6, 6.07) is 10.3. The summed E-state index contributed by atoms with van der Waals surface area (Å²) in [6.45, 7) is 0. The van der Waals surface area contributed by atoms with E-state index < -0.39 is 0 Å². The number of nitrogens with one attached hydrogen (secondary N) is 2. The number of anilines is 2. The van der Waals surface area contributed by atoms with Gasteiger partial charge in [0.1, 0.15) is 0 Å². The zero-order valence-electron chi connectivity index (χ0n) is 13.1. The van der Waals surface area contributed by atoms with E-state index in [-0.39, 0.29) is 0 Å². The van der Waals surface area contributed by atoms with E-state index in [1.807, 2.05) is 17.6 Å². The number of thiazole rings is 1. The molecule has 0 saturated heterocycles. The molecule has 3 aromatic heterocycles. The molecule has 124 valence electrons. The third-order valence-corrected chi connectivity index (χ3v) is 5.78. The number of benzene rings is 1. The van der Waals surface area contributed by atoms with Gasteiger partial charge in [0.05, 0.1) is 21.9 Å². The van der Waals surface area contributed by atoms with Crippen LogP contribution in [0.15, 0.2) is 51.8 Å². The van der Waals surface area contributed by atoms with Crippen LogP contribution in [0.3, 0.4) is 0 Å². The Labute approximate surface area is 152 Å². The van der Waals surface area contributed by atoms with Crippen molar-refractivity contribution in [1.82, 2.24) is 25.4 Å². The summed E-state index contributed by atoms with van der Waals surface area (Å²) in [6.07, 6.45) is 4.27. The van der Waals surface area contributed by atoms with Gasteiger partial charge in [-0.15, -0.1) is 16.4 Å². The topological polar surface area (TPSA) is 79.4 Å². The molecular formula is C17H14N6S2. The third kappa shape index (κ3) is 3.22. The average molecular weight is 366 g/mol. The van der Waals surface area contributed by atoms with Gasteiger partial charge in [-0.25, -0.2) is 4.98 Å². The fourth-order valence-electron chi connectivity index (χ4n) is 2.64. The predicted molar refractivity (Wildman–Crippen MR) is 99.6 cm³/mol. The Hall–Kier alpha value is -2.45. The van der Waals surface area contributed by atoms with Crippen molar-refractivity contribution in [2.45, 2.75) is 28.6 Å². The summed E-state index contributed by atoms with van der Waals surface area (Å²) < 4.78 is 1.19. The Kier molecular flexibility index (Phi) is 3.64. The predicted octanol–water partition coefficient (Wildman–Crippen LogP) is 4.58. The molecule has 6 nitrogen and oxygen atoms in total. The molecule has 0 aliphatic heterocycles. The SMILES string of the molecule is c1nc2ccc(Sc3cnnc(Nc4cc(C5CC5)[nH]n4)c3)cc2s1. The fraction of sp³-hybridized carbons (Fsp3) is 0.176. The van der Waals surface area contributed by atoms with Crippen molar-refractivity contribution in [3.05, 3.63) is 47.7 Å². The number of H-pyrrole nitrogens is 1. The molecule has 0 spiro atoms. The first-order chi connectivity index (χ1) is 12.3. The average Bonchev–Trinajstić information content (AvgIpc) is 3.18. The molecule has 0 bridgehead atoms. The second kappa shape index (κ2) is 6.12. The number of hydrogen-bond acceptors (Lipinski definition) is 7. The monoisotopic (exact) mass is 366 g/mol. The van der Waals surface area contributed by atoms with Gasteiger partial charge in [-0.3, -0.25) is 5.10 Å². The summed E-state index contributed by atoms with van der Waals surface area (Å²) in [5, 5.41) is 18.9. The lowest BCUT2D eigenvalue weighted by Crippen LogP contribution is -1.95. The van der Waals surface area contributed by atoms with E-state index in [1.54, 1.807) is 29.3 Å². The minimum absolute atomic E-state index is 0.651. The van der Waals surface area contributed by atoms with Crippen molar-refractivity contribution in [2.24, 2.45) is 0 Å². The van der Waals surface area contributed by atoms with Gasteiger partial charge in [0.2, 0.25) is 0 Å². The number of aromatic amines is 1. The third-order valence-electron chi connectivity index (χ3n) is 4.04. The Balaban J connectivity index is 1.34. The second-order valence-electron chi connectivity index (χ2n) is 5.97. The van der Waals surface area contributed by atoms with Crippen LogP contribution in [0.4, 0.5) is 11.6 Å². The Morgan fingerprint density at radius 1 is 1.12 bits per heavy atom. The van der Waals surface area contributed by atoms with Crippen LogP contribution in [0.5, 0.6) is 0 Å². The molecule has 0 radical (unpaired) electrons. The molecule has 0 amide bonds. The van der Waals surface area contributed by atoms with Crippen LogP contribution in [0.25, 0.3) is 10.2 Å². The zero-order chi connectivity index (χ0) is 16.6. The van der Waals surface area contributed by atoms with Crippen molar-refractivity contribution >= 4 is 45.0 Å². The van der Waals surface area contributed by atoms with Gasteiger partial charge in [-0.2, -0.15) is 10.2 Å². The van der Waals surface area contributed by atoms with Crippen LogP contribution in [0.2, 0.25) is 0 Å². The molecular weight excluding hydrogens is 352 g/mol. The second-order valence-corrected chi connectivity index (χ2v) is 8.00. The van der Waals surface area contributed by atoms with E-state index in [0.717, 1.165) is 21.1 Å². The van der Waals surface area contributed by atoms with E-state index in [1.165, 1.54) is 23.2 Å². The van der Waals surface area contributed by atoms with Crippen molar-refractivity contribution in [3.8, 4) is 0 Å². The normalized spacial score (nSPS) is 14.1. The van der Waals surface area contributed by atoms with E-state index in [0.29, 0.717) is 11.7 Å². The van der Waals surface area contributed by atoms with Crippen LogP contribution >= 0.6 is 23.1 Å². The quantitative estimate of drug-likeness (QED) is 0.538. The molecule has 8 heteroatoms. The Bertz CT molecular complexity index is 1040. The largest absolute Gasteiger partial charge is 0.322 e. The minimum atomic E-state index is 0.651. The lowest BCUT2D eigenvalue weighted by atomic mass is 10.3. The molecule has 2 N–H and O–H groups in total. The molecule has 4 aromatic rings. The van der Waals surface area contributed by atoms with E-state index in [9.17, 15) is 0 Å². The van der Waals surface area contributed by atoms with Crippen LogP contribution in [0, 0.1) is 0 Å². The molecule has 1 saturated carbocycles. The van der Waals surface area contributed by atoms with Crippen molar-refractivity contribution < 1.29 is 0 Å². The molecule has 0 atom stereocenters. The van der Waals surface area contributed by atoms with E-state index in [4.69, 9.17) is 0 Å². The number of nitrogens with zero attached hydrogens (tertiary/aromatic N) is 4. The maximum absolute atomic E-state index is 4.31. The highest BCUT2D eigenvalue weighted by atomic mass is 32.2. The summed E-state index contributed by atoms with van der Waals surface area (Å²) in [4.78, 5) is 6.50. The molecule has 1 aliphatic carbocycles. The maximum Gasteiger partial charge on any atom is 0.155 e. The number of fused-ring (bicyclic) bond motifs is 1. The first-order valence-electron chi connectivity index (χ1n) is 8.00. The van der Waals surface area contributed by atoms with Gasteiger partial charge in [0, 0.05) is 27.5 Å². The molecule has 1 aromatic carbocycles. The van der Waals surface area contributed by atoms with E-state index >= 15 is 0 Å². The maximum atomic E-state index is 4.31. The molecule has 3 heterocycles. The molecule has 0 unspecified atom stereocenters. The van der Waals surface area contributed by atoms with Gasteiger partial charge >= 0.3 is 0 Å². The van der Waals surface area contributed by atoms with Gasteiger partial charge in [0.25, 0.3) is 0 Å². The van der Waals surface area contributed by atoms with Crippen molar-refractivity contribution in [2.75, 3.05) is 5.32 Å². The number of aromatic nitrogens is 5.